The van der Waals surface area contributed by atoms with E-state index in [1.165, 1.54) is 0 Å². The summed E-state index contributed by atoms with van der Waals surface area (Å²) in [5.41, 5.74) is -17.3. The molecule has 240 valence electrons. The third-order valence-electron chi connectivity index (χ3n) is 5.61. The molecule has 41 heavy (non-hydrogen) atoms. The first-order chi connectivity index (χ1) is 17.7. The maximum absolute atomic E-state index is 13.5. The number of halogens is 12. The van der Waals surface area contributed by atoms with E-state index in [4.69, 9.17) is 8.23 Å². The first-order valence-corrected chi connectivity index (χ1v) is 21.3. The van der Waals surface area contributed by atoms with Crippen molar-refractivity contribution in [2.24, 2.45) is 0 Å². The van der Waals surface area contributed by atoms with Gasteiger partial charge in [0.15, 0.2) is 16.6 Å². The molecule has 0 fully saturated rings. The maximum Gasteiger partial charge on any atom is 0.430 e. The predicted octanol–water partition coefficient (Wildman–Crippen LogP) is 8.02. The van der Waals surface area contributed by atoms with E-state index in [1.807, 2.05) is 39.3 Å². The topological polar surface area (TPSA) is 58.9 Å². The number of hydrogen-bond acceptors (Lipinski definition) is 4. The molecule has 1 aromatic rings. The maximum atomic E-state index is 13.5. The Morgan fingerprint density at radius 1 is 0.561 bits per heavy atom. The largest absolute Gasteiger partial charge is 0.437 e. The average Bonchev–Trinajstić information content (AvgIpc) is 2.65. The highest BCUT2D eigenvalue weighted by Crippen LogP contribution is 2.54. The fourth-order valence-corrected chi connectivity index (χ4v) is 16.8. The van der Waals surface area contributed by atoms with Gasteiger partial charge < -0.3 is 18.4 Å². The summed E-state index contributed by atoms with van der Waals surface area (Å²) in [5, 5.41) is 19.5. The zero-order valence-corrected chi connectivity index (χ0v) is 26.1. The normalized spacial score (nSPS) is 15.4. The van der Waals surface area contributed by atoms with E-state index in [-0.39, 0.29) is 24.6 Å². The minimum atomic E-state index is -6.61. The molecule has 2 N–H and O–H groups in total. The molecule has 0 unspecified atom stereocenters. The van der Waals surface area contributed by atoms with Gasteiger partial charge in [0.2, 0.25) is 0 Å². The van der Waals surface area contributed by atoms with Gasteiger partial charge in [-0.15, -0.1) is 0 Å². The monoisotopic (exact) mass is 672 g/mol. The van der Waals surface area contributed by atoms with Crippen LogP contribution in [0.1, 0.15) is 23.1 Å². The van der Waals surface area contributed by atoms with Crippen LogP contribution < -0.4 is 0 Å². The Morgan fingerprint density at radius 2 is 0.854 bits per heavy atom. The molecular formula is C22H32F12O4Si3. The number of benzene rings is 1. The van der Waals surface area contributed by atoms with Gasteiger partial charge in [-0.3, -0.25) is 0 Å². The SMILES string of the molecule is C[Si](C)(C)O[Si](C)(CCCc1cc(C(O)(C(F)(F)F)C(F)(F)F)cc(C(O)(C(F)(F)F)C(F)(F)F)c1)O[Si](C)(C)C. The predicted molar refractivity (Wildman–Crippen MR) is 132 cm³/mol. The van der Waals surface area contributed by atoms with Gasteiger partial charge in [0.05, 0.1) is 0 Å². The van der Waals surface area contributed by atoms with E-state index in [1.54, 1.807) is 6.55 Å². The highest BCUT2D eigenvalue weighted by atomic mass is 28.5. The number of rotatable bonds is 10. The van der Waals surface area contributed by atoms with Crippen molar-refractivity contribution >= 4 is 25.2 Å². The summed E-state index contributed by atoms with van der Waals surface area (Å²) in [7, 11) is -7.65. The Kier molecular flexibility index (Phi) is 10.6. The molecule has 0 amide bonds. The van der Waals surface area contributed by atoms with E-state index < -0.39 is 90.3 Å². The van der Waals surface area contributed by atoms with E-state index >= 15 is 0 Å². The molecular weight excluding hydrogens is 640 g/mol. The third kappa shape index (κ3) is 8.71. The van der Waals surface area contributed by atoms with Gasteiger partial charge in [-0.1, -0.05) is 12.1 Å². The van der Waals surface area contributed by atoms with Crippen LogP contribution in [0.25, 0.3) is 0 Å². The number of aliphatic hydroxyl groups is 2. The average molecular weight is 673 g/mol. The molecule has 0 aliphatic carbocycles. The van der Waals surface area contributed by atoms with Crippen LogP contribution in [0.5, 0.6) is 0 Å². The fraction of sp³-hybridized carbons (Fsp3) is 0.727. The summed E-state index contributed by atoms with van der Waals surface area (Å²) >= 11 is 0. The van der Waals surface area contributed by atoms with Crippen LogP contribution in [0.4, 0.5) is 52.7 Å². The van der Waals surface area contributed by atoms with Gasteiger partial charge in [-0.25, -0.2) is 0 Å². The number of aryl methyl sites for hydroxylation is 1. The standard InChI is InChI=1S/C22H32F12O4Si3/c1-39(2,3)37-41(7,38-40(4,5)6)10-8-9-14-11-15(17(35,19(23,24)25)20(26,27)28)13-16(12-14)18(36,21(29,30)31)22(32,33)34/h11-13,35-36H,8-10H2,1-7H3. The molecule has 0 saturated carbocycles. The van der Waals surface area contributed by atoms with Crippen LogP contribution in [0.2, 0.25) is 51.9 Å². The highest BCUT2D eigenvalue weighted by molar-refractivity contribution is 6.87. The molecule has 0 saturated heterocycles. The second-order valence-corrected chi connectivity index (χ2v) is 24.6. The molecule has 0 spiro atoms. The van der Waals surface area contributed by atoms with E-state index in [0.717, 1.165) is 0 Å². The molecule has 0 bridgehead atoms. The Morgan fingerprint density at radius 3 is 1.10 bits per heavy atom. The minimum absolute atomic E-state index is 0.0231. The smallest absolute Gasteiger partial charge is 0.430 e. The lowest BCUT2D eigenvalue weighted by Gasteiger charge is -2.38. The number of hydrogen-bond donors (Lipinski definition) is 2. The molecule has 0 aliphatic rings. The van der Waals surface area contributed by atoms with Crippen molar-refractivity contribution in [3.05, 3.63) is 34.9 Å². The second-order valence-electron chi connectivity index (χ2n) is 11.7. The summed E-state index contributed by atoms with van der Waals surface area (Å²) in [5.74, 6) is 0. The first kappa shape index (κ1) is 37.9. The molecule has 0 atom stereocenters. The van der Waals surface area contributed by atoms with E-state index in [0.29, 0.717) is 0 Å². The van der Waals surface area contributed by atoms with Crippen LogP contribution >= 0.6 is 0 Å². The van der Waals surface area contributed by atoms with E-state index in [9.17, 15) is 62.9 Å². The Labute approximate surface area is 232 Å². The van der Waals surface area contributed by atoms with Crippen LogP contribution in [0.15, 0.2) is 18.2 Å². The highest BCUT2D eigenvalue weighted by Gasteiger charge is 2.74. The van der Waals surface area contributed by atoms with Gasteiger partial charge in [0, 0.05) is 11.1 Å². The molecule has 4 nitrogen and oxygen atoms in total. The summed E-state index contributed by atoms with van der Waals surface area (Å²) in [6.45, 7) is 12.6. The van der Waals surface area contributed by atoms with Gasteiger partial charge in [-0.05, 0) is 76.3 Å². The lowest BCUT2D eigenvalue weighted by Crippen LogP contribution is -2.56. The van der Waals surface area contributed by atoms with Crippen LogP contribution in [-0.4, -0.2) is 60.1 Å². The molecule has 1 rings (SSSR count). The summed E-state index contributed by atoms with van der Waals surface area (Å²) in [4.78, 5) is 0. The lowest BCUT2D eigenvalue weighted by molar-refractivity contribution is -0.378. The van der Waals surface area contributed by atoms with Crippen molar-refractivity contribution in [1.29, 1.82) is 0 Å². The molecule has 0 radical (unpaired) electrons. The van der Waals surface area contributed by atoms with Crippen LogP contribution in [0, 0.1) is 0 Å². The Hall–Kier alpha value is -1.13. The van der Waals surface area contributed by atoms with Gasteiger partial charge in [-0.2, -0.15) is 52.7 Å². The van der Waals surface area contributed by atoms with Crippen molar-refractivity contribution in [1.82, 2.24) is 0 Å². The van der Waals surface area contributed by atoms with E-state index in [2.05, 4.69) is 0 Å². The van der Waals surface area contributed by atoms with Crippen LogP contribution in [0.3, 0.4) is 0 Å². The summed E-state index contributed by atoms with van der Waals surface area (Å²) in [6.07, 6.45) is -27.3. The molecule has 0 aliphatic heterocycles. The summed E-state index contributed by atoms with van der Waals surface area (Å²) < 4.78 is 175. The fourth-order valence-electron chi connectivity index (χ4n) is 4.26. The van der Waals surface area contributed by atoms with Gasteiger partial charge in [0.25, 0.3) is 11.2 Å². The Balaban J connectivity index is 3.84. The third-order valence-corrected chi connectivity index (χ3v) is 15.2. The molecule has 0 aromatic heterocycles. The van der Waals surface area contributed by atoms with Crippen molar-refractivity contribution in [3.8, 4) is 0 Å². The van der Waals surface area contributed by atoms with Crippen LogP contribution in [-0.2, 0) is 25.9 Å². The zero-order chi connectivity index (χ0) is 32.9. The van der Waals surface area contributed by atoms with Gasteiger partial charge in [0.1, 0.15) is 0 Å². The first-order valence-electron chi connectivity index (χ1n) is 12.0. The molecule has 0 heterocycles. The lowest BCUT2D eigenvalue weighted by atomic mass is 9.83. The minimum Gasteiger partial charge on any atom is -0.437 e. The summed E-state index contributed by atoms with van der Waals surface area (Å²) in [6, 6.07) is -0.704. The van der Waals surface area contributed by atoms with Crippen molar-refractivity contribution in [2.75, 3.05) is 0 Å². The quantitative estimate of drug-likeness (QED) is 0.195. The van der Waals surface area contributed by atoms with Crippen molar-refractivity contribution < 1.29 is 71.1 Å². The van der Waals surface area contributed by atoms with Crippen molar-refractivity contribution in [3.63, 3.8) is 0 Å². The molecule has 1 aromatic carbocycles. The van der Waals surface area contributed by atoms with Gasteiger partial charge >= 0.3 is 33.3 Å². The molecule has 19 heteroatoms. The van der Waals surface area contributed by atoms with Crippen molar-refractivity contribution in [2.45, 2.75) is 101 Å². The zero-order valence-electron chi connectivity index (χ0n) is 23.1. The number of alkyl halides is 12. The second kappa shape index (κ2) is 11.4. The Bertz CT molecular complexity index is 955.